The van der Waals surface area contributed by atoms with Crippen molar-refractivity contribution in [3.8, 4) is 11.1 Å². The van der Waals surface area contributed by atoms with Gasteiger partial charge >= 0.3 is 0 Å². The summed E-state index contributed by atoms with van der Waals surface area (Å²) in [4.78, 5) is 11.9. The van der Waals surface area contributed by atoms with Crippen molar-refractivity contribution in [1.82, 2.24) is 9.97 Å². The highest BCUT2D eigenvalue weighted by atomic mass is 32.2. The number of hydrogen-bond donors (Lipinski definition) is 1. The average Bonchev–Trinajstić information content (AvgIpc) is 3.21. The summed E-state index contributed by atoms with van der Waals surface area (Å²) in [7, 11) is 0. The Balaban J connectivity index is 1.60. The van der Waals surface area contributed by atoms with Crippen LogP contribution in [0.15, 0.2) is 35.5 Å². The van der Waals surface area contributed by atoms with Gasteiger partial charge in [-0.3, -0.25) is 0 Å². The van der Waals surface area contributed by atoms with Gasteiger partial charge in [0.1, 0.15) is 0 Å². The van der Waals surface area contributed by atoms with Crippen LogP contribution in [0.5, 0.6) is 0 Å². The number of nitrogen functional groups attached to an aromatic ring is 1. The minimum absolute atomic E-state index is 0.300. The lowest BCUT2D eigenvalue weighted by Gasteiger charge is -2.29. The number of ether oxygens (including phenoxy) is 2. The lowest BCUT2D eigenvalue weighted by atomic mass is 10.1. The molecule has 6 nitrogen and oxygen atoms in total. The number of morpholine rings is 1. The van der Waals surface area contributed by atoms with E-state index in [1.165, 1.54) is 10.6 Å². The maximum atomic E-state index is 5.64. The molecule has 2 saturated heterocycles. The lowest BCUT2D eigenvalue weighted by Crippen LogP contribution is -2.36. The second kappa shape index (κ2) is 8.24. The molecular weight excluding hydrogens is 348 g/mol. The van der Waals surface area contributed by atoms with Crippen LogP contribution in [0.1, 0.15) is 6.42 Å². The molecule has 0 aliphatic carbocycles. The predicted octanol–water partition coefficient (Wildman–Crippen LogP) is 2.69. The number of hydrogen-bond acceptors (Lipinski definition) is 7. The number of anilines is 2. The molecule has 4 rings (SSSR count). The van der Waals surface area contributed by atoms with Crippen LogP contribution in [0.2, 0.25) is 0 Å². The van der Waals surface area contributed by atoms with E-state index in [0.717, 1.165) is 62.8 Å². The van der Waals surface area contributed by atoms with Gasteiger partial charge < -0.3 is 20.1 Å². The Kier molecular flexibility index (Phi) is 5.57. The van der Waals surface area contributed by atoms with Crippen molar-refractivity contribution >= 4 is 23.4 Å². The van der Waals surface area contributed by atoms with Gasteiger partial charge in [-0.2, -0.15) is 0 Å². The summed E-state index contributed by atoms with van der Waals surface area (Å²) in [5, 5.41) is 0. The summed E-state index contributed by atoms with van der Waals surface area (Å²) < 4.78 is 11.0. The molecule has 1 aromatic heterocycles. The number of rotatable bonds is 5. The third kappa shape index (κ3) is 4.28. The van der Waals surface area contributed by atoms with Gasteiger partial charge in [0, 0.05) is 54.0 Å². The Labute approximate surface area is 158 Å². The van der Waals surface area contributed by atoms with Crippen LogP contribution in [-0.4, -0.2) is 55.2 Å². The van der Waals surface area contributed by atoms with E-state index in [4.69, 9.17) is 15.2 Å². The van der Waals surface area contributed by atoms with Gasteiger partial charge in [-0.1, -0.05) is 0 Å². The van der Waals surface area contributed by atoms with E-state index < -0.39 is 0 Å². The highest BCUT2D eigenvalue weighted by molar-refractivity contribution is 7.99. The van der Waals surface area contributed by atoms with Gasteiger partial charge in [0.25, 0.3) is 0 Å². The topological polar surface area (TPSA) is 73.5 Å². The number of nitrogens with two attached hydrogens (primary N) is 1. The van der Waals surface area contributed by atoms with Crippen LogP contribution in [0.4, 0.5) is 11.6 Å². The summed E-state index contributed by atoms with van der Waals surface area (Å²) in [6.07, 6.45) is 4.74. The minimum atomic E-state index is 0.300. The quantitative estimate of drug-likeness (QED) is 0.809. The fraction of sp³-hybridized carbons (Fsp3) is 0.474. The van der Waals surface area contributed by atoms with Gasteiger partial charge in [0.05, 0.1) is 19.8 Å². The van der Waals surface area contributed by atoms with Gasteiger partial charge in [-0.25, -0.2) is 9.97 Å². The Morgan fingerprint density at radius 1 is 1.04 bits per heavy atom. The maximum Gasteiger partial charge on any atom is 0.219 e. The van der Waals surface area contributed by atoms with E-state index in [1.54, 1.807) is 12.4 Å². The molecule has 138 valence electrons. The summed E-state index contributed by atoms with van der Waals surface area (Å²) in [5.41, 5.74) is 8.98. The summed E-state index contributed by atoms with van der Waals surface area (Å²) in [5.74, 6) is 2.04. The zero-order valence-corrected chi connectivity index (χ0v) is 15.6. The highest BCUT2D eigenvalue weighted by Crippen LogP contribution is 2.33. The molecule has 26 heavy (non-hydrogen) atoms. The second-order valence-corrected chi connectivity index (χ2v) is 7.78. The number of nitrogens with zero attached hydrogens (tertiary/aromatic N) is 3. The van der Waals surface area contributed by atoms with Gasteiger partial charge in [-0.15, -0.1) is 11.8 Å². The number of aromatic nitrogens is 2. The van der Waals surface area contributed by atoms with Crippen LogP contribution in [0, 0.1) is 5.92 Å². The zero-order valence-electron chi connectivity index (χ0n) is 14.8. The van der Waals surface area contributed by atoms with Crippen LogP contribution in [0.25, 0.3) is 11.1 Å². The van der Waals surface area contributed by atoms with Crippen molar-refractivity contribution in [3.05, 3.63) is 30.6 Å². The molecule has 1 aromatic carbocycles. The summed E-state index contributed by atoms with van der Waals surface area (Å²) in [6, 6.07) is 6.72. The van der Waals surface area contributed by atoms with Crippen molar-refractivity contribution in [2.45, 2.75) is 11.3 Å². The zero-order chi connectivity index (χ0) is 17.8. The first-order valence-corrected chi connectivity index (χ1v) is 10.0. The van der Waals surface area contributed by atoms with Crippen LogP contribution in [-0.2, 0) is 9.47 Å². The molecule has 0 radical (unpaired) electrons. The third-order valence-corrected chi connectivity index (χ3v) is 5.99. The standard InChI is InChI=1S/C19H24N4O2S/c20-19-21-10-16(11-22-19)15-7-17(23-2-5-24-6-3-23)9-18(8-15)26-13-14-1-4-25-12-14/h7-11,14H,1-6,12-13H2,(H2,20,21,22). The highest BCUT2D eigenvalue weighted by Gasteiger charge is 2.17. The predicted molar refractivity (Wildman–Crippen MR) is 105 cm³/mol. The first-order valence-electron chi connectivity index (χ1n) is 9.04. The summed E-state index contributed by atoms with van der Waals surface area (Å²) >= 11 is 1.90. The molecule has 1 unspecified atom stereocenters. The van der Waals surface area contributed by atoms with Crippen LogP contribution >= 0.6 is 11.8 Å². The van der Waals surface area contributed by atoms with E-state index in [0.29, 0.717) is 11.9 Å². The molecule has 2 aliphatic heterocycles. The van der Waals surface area contributed by atoms with E-state index >= 15 is 0 Å². The molecular formula is C19H24N4O2S. The fourth-order valence-corrected chi connectivity index (χ4v) is 4.36. The summed E-state index contributed by atoms with van der Waals surface area (Å²) in [6.45, 7) is 5.17. The molecule has 7 heteroatoms. The molecule has 0 bridgehead atoms. The fourth-order valence-electron chi connectivity index (χ4n) is 3.25. The van der Waals surface area contributed by atoms with Crippen molar-refractivity contribution < 1.29 is 9.47 Å². The van der Waals surface area contributed by atoms with E-state index in [9.17, 15) is 0 Å². The van der Waals surface area contributed by atoms with E-state index in [2.05, 4.69) is 33.1 Å². The molecule has 1 atom stereocenters. The maximum absolute atomic E-state index is 5.64. The molecule has 0 saturated carbocycles. The average molecular weight is 372 g/mol. The number of thioether (sulfide) groups is 1. The second-order valence-electron chi connectivity index (χ2n) is 6.69. The molecule has 3 heterocycles. The van der Waals surface area contributed by atoms with E-state index in [1.807, 2.05) is 11.8 Å². The van der Waals surface area contributed by atoms with Crippen LogP contribution in [0.3, 0.4) is 0 Å². The van der Waals surface area contributed by atoms with Crippen LogP contribution < -0.4 is 10.6 Å². The van der Waals surface area contributed by atoms with Crippen molar-refractivity contribution in [1.29, 1.82) is 0 Å². The van der Waals surface area contributed by atoms with Crippen molar-refractivity contribution in [3.63, 3.8) is 0 Å². The van der Waals surface area contributed by atoms with Gasteiger partial charge in [-0.05, 0) is 36.1 Å². The Morgan fingerprint density at radius 2 is 1.85 bits per heavy atom. The van der Waals surface area contributed by atoms with E-state index in [-0.39, 0.29) is 0 Å². The van der Waals surface area contributed by atoms with Gasteiger partial charge in [0.2, 0.25) is 5.95 Å². The van der Waals surface area contributed by atoms with Crippen molar-refractivity contribution in [2.24, 2.45) is 5.92 Å². The van der Waals surface area contributed by atoms with Gasteiger partial charge in [0.15, 0.2) is 0 Å². The Hall–Kier alpha value is -1.83. The SMILES string of the molecule is Nc1ncc(-c2cc(SCC3CCOC3)cc(N3CCOCC3)c2)cn1. The number of benzene rings is 1. The Morgan fingerprint density at radius 3 is 2.58 bits per heavy atom. The first-order chi connectivity index (χ1) is 12.8. The third-order valence-electron chi connectivity index (χ3n) is 4.78. The largest absolute Gasteiger partial charge is 0.381 e. The molecule has 0 spiro atoms. The minimum Gasteiger partial charge on any atom is -0.381 e. The first kappa shape index (κ1) is 17.6. The van der Waals surface area contributed by atoms with Crippen molar-refractivity contribution in [2.75, 3.05) is 55.9 Å². The smallest absolute Gasteiger partial charge is 0.219 e. The molecule has 2 fully saturated rings. The monoisotopic (exact) mass is 372 g/mol. The normalized spacial score (nSPS) is 20.5. The molecule has 2 N–H and O–H groups in total. The molecule has 0 amide bonds. The molecule has 2 aromatic rings. The Bertz CT molecular complexity index is 729. The lowest BCUT2D eigenvalue weighted by molar-refractivity contribution is 0.122. The molecule has 2 aliphatic rings.